The van der Waals surface area contributed by atoms with Crippen molar-refractivity contribution in [2.24, 2.45) is 0 Å². The number of ether oxygens (including phenoxy) is 2. The predicted octanol–water partition coefficient (Wildman–Crippen LogP) is 4.11. The van der Waals surface area contributed by atoms with E-state index in [1.165, 1.54) is 0 Å². The third-order valence-corrected chi connectivity index (χ3v) is 3.90. The Morgan fingerprint density at radius 3 is 2.82 bits per heavy atom. The van der Waals surface area contributed by atoms with Crippen LogP contribution < -0.4 is 9.47 Å². The highest BCUT2D eigenvalue weighted by Crippen LogP contribution is 2.38. The highest BCUT2D eigenvalue weighted by Gasteiger charge is 2.13. The van der Waals surface area contributed by atoms with Gasteiger partial charge in [-0.3, -0.25) is 0 Å². The van der Waals surface area contributed by atoms with Gasteiger partial charge in [0.25, 0.3) is 0 Å². The average molecular weight is 363 g/mol. The van der Waals surface area contributed by atoms with Gasteiger partial charge in [-0.1, -0.05) is 0 Å². The van der Waals surface area contributed by atoms with Crippen molar-refractivity contribution in [2.75, 3.05) is 13.7 Å². The monoisotopic (exact) mass is 362 g/mol. The second-order valence-corrected chi connectivity index (χ2v) is 5.56. The summed E-state index contributed by atoms with van der Waals surface area (Å²) in [6.07, 6.45) is 0. The van der Waals surface area contributed by atoms with Gasteiger partial charge < -0.3 is 19.6 Å². The van der Waals surface area contributed by atoms with Gasteiger partial charge in [0.1, 0.15) is 11.6 Å². The molecule has 2 aromatic carbocycles. The molecule has 0 fully saturated rings. The van der Waals surface area contributed by atoms with Crippen molar-refractivity contribution in [1.29, 1.82) is 0 Å². The maximum absolute atomic E-state index is 9.99. The molecule has 0 aliphatic rings. The van der Waals surface area contributed by atoms with E-state index in [4.69, 9.17) is 9.47 Å². The van der Waals surface area contributed by atoms with Crippen LogP contribution in [0.2, 0.25) is 0 Å². The maximum atomic E-state index is 9.99. The molecule has 22 heavy (non-hydrogen) atoms. The number of nitrogens with zero attached hydrogens (tertiary/aromatic N) is 1. The smallest absolute Gasteiger partial charge is 0.172 e. The molecule has 0 radical (unpaired) electrons. The number of aromatic nitrogens is 2. The lowest BCUT2D eigenvalue weighted by Gasteiger charge is -2.09. The van der Waals surface area contributed by atoms with Gasteiger partial charge in [-0.2, -0.15) is 0 Å². The molecule has 0 amide bonds. The number of hydrogen-bond donors (Lipinski definition) is 2. The number of methoxy groups -OCH3 is 1. The topological polar surface area (TPSA) is 67.4 Å². The molecule has 0 aliphatic heterocycles. The number of phenolic OH excluding ortho intramolecular Hbond substituents is 1. The van der Waals surface area contributed by atoms with Crippen LogP contribution in [0.4, 0.5) is 0 Å². The van der Waals surface area contributed by atoms with E-state index < -0.39 is 0 Å². The lowest BCUT2D eigenvalue weighted by Crippen LogP contribution is -1.93. The third-order valence-electron chi connectivity index (χ3n) is 3.29. The fourth-order valence-electron chi connectivity index (χ4n) is 2.23. The summed E-state index contributed by atoms with van der Waals surface area (Å²) in [5.74, 6) is 1.97. The van der Waals surface area contributed by atoms with Gasteiger partial charge in [0.15, 0.2) is 11.5 Å². The molecule has 5 nitrogen and oxygen atoms in total. The number of aromatic hydroxyl groups is 1. The van der Waals surface area contributed by atoms with Crippen molar-refractivity contribution in [3.63, 3.8) is 0 Å². The van der Waals surface area contributed by atoms with Crippen LogP contribution in [0.15, 0.2) is 34.8 Å². The molecule has 0 saturated carbocycles. The standard InChI is InChI=1S/C16H15BrN2O3/c1-3-22-14-7-9(6-11(17)15(14)20)16-18-12-5-4-10(21-2)8-13(12)19-16/h4-8,20H,3H2,1-2H3,(H,18,19). The molecule has 0 bridgehead atoms. The second-order valence-electron chi connectivity index (χ2n) is 4.71. The molecular formula is C16H15BrN2O3. The number of nitrogens with one attached hydrogen (secondary N) is 1. The number of imidazole rings is 1. The van der Waals surface area contributed by atoms with Crippen LogP contribution in [0, 0.1) is 0 Å². The van der Waals surface area contributed by atoms with Gasteiger partial charge in [0.2, 0.25) is 0 Å². The largest absolute Gasteiger partial charge is 0.503 e. The first-order valence-electron chi connectivity index (χ1n) is 6.81. The van der Waals surface area contributed by atoms with E-state index in [0.717, 1.165) is 22.3 Å². The Balaban J connectivity index is 2.10. The van der Waals surface area contributed by atoms with Crippen molar-refractivity contribution < 1.29 is 14.6 Å². The molecule has 3 aromatic rings. The number of rotatable bonds is 4. The molecule has 0 aliphatic carbocycles. The number of fused-ring (bicyclic) bond motifs is 1. The number of H-pyrrole nitrogens is 1. The Morgan fingerprint density at radius 2 is 2.09 bits per heavy atom. The predicted molar refractivity (Wildman–Crippen MR) is 88.6 cm³/mol. The fraction of sp³-hybridized carbons (Fsp3) is 0.188. The summed E-state index contributed by atoms with van der Waals surface area (Å²) in [6, 6.07) is 9.22. The molecule has 114 valence electrons. The van der Waals surface area contributed by atoms with E-state index in [2.05, 4.69) is 25.9 Å². The first-order chi connectivity index (χ1) is 10.6. The van der Waals surface area contributed by atoms with Gasteiger partial charge in [-0.25, -0.2) is 4.98 Å². The van der Waals surface area contributed by atoms with E-state index in [9.17, 15) is 5.11 Å². The van der Waals surface area contributed by atoms with Gasteiger partial charge in [-0.05, 0) is 47.1 Å². The summed E-state index contributed by atoms with van der Waals surface area (Å²) in [7, 11) is 1.63. The highest BCUT2D eigenvalue weighted by molar-refractivity contribution is 9.10. The van der Waals surface area contributed by atoms with Crippen LogP contribution in [-0.4, -0.2) is 28.8 Å². The minimum atomic E-state index is 0.0865. The molecule has 6 heteroatoms. The molecule has 2 N–H and O–H groups in total. The van der Waals surface area contributed by atoms with E-state index in [0.29, 0.717) is 22.7 Å². The van der Waals surface area contributed by atoms with Crippen molar-refractivity contribution in [3.05, 3.63) is 34.8 Å². The first kappa shape index (κ1) is 14.7. The maximum Gasteiger partial charge on any atom is 0.172 e. The molecule has 0 saturated heterocycles. The number of halogens is 1. The third kappa shape index (κ3) is 2.62. The Hall–Kier alpha value is -2.21. The van der Waals surface area contributed by atoms with E-state index in [1.807, 2.05) is 25.1 Å². The van der Waals surface area contributed by atoms with Crippen molar-refractivity contribution >= 4 is 27.0 Å². The first-order valence-corrected chi connectivity index (χ1v) is 7.61. The number of hydrogen-bond acceptors (Lipinski definition) is 4. The zero-order valence-electron chi connectivity index (χ0n) is 12.2. The van der Waals surface area contributed by atoms with Crippen LogP contribution in [0.25, 0.3) is 22.4 Å². The summed E-state index contributed by atoms with van der Waals surface area (Å²) in [4.78, 5) is 7.81. The molecule has 0 unspecified atom stereocenters. The van der Waals surface area contributed by atoms with Crippen molar-refractivity contribution in [3.8, 4) is 28.6 Å². The number of benzene rings is 2. The Bertz CT molecular complexity index is 830. The minimum absolute atomic E-state index is 0.0865. The Kier molecular flexibility index (Phi) is 3.94. The minimum Gasteiger partial charge on any atom is -0.503 e. The quantitative estimate of drug-likeness (QED) is 0.732. The van der Waals surface area contributed by atoms with Crippen molar-refractivity contribution in [2.45, 2.75) is 6.92 Å². The summed E-state index contributed by atoms with van der Waals surface area (Å²) in [5.41, 5.74) is 2.55. The summed E-state index contributed by atoms with van der Waals surface area (Å²) < 4.78 is 11.2. The summed E-state index contributed by atoms with van der Waals surface area (Å²) >= 11 is 3.34. The second kappa shape index (κ2) is 5.88. The van der Waals surface area contributed by atoms with E-state index >= 15 is 0 Å². The van der Waals surface area contributed by atoms with Crippen LogP contribution in [0.3, 0.4) is 0 Å². The Morgan fingerprint density at radius 1 is 1.27 bits per heavy atom. The van der Waals surface area contributed by atoms with Crippen LogP contribution in [-0.2, 0) is 0 Å². The van der Waals surface area contributed by atoms with Gasteiger partial charge >= 0.3 is 0 Å². The molecule has 1 aromatic heterocycles. The lowest BCUT2D eigenvalue weighted by molar-refractivity contribution is 0.317. The zero-order valence-corrected chi connectivity index (χ0v) is 13.8. The average Bonchev–Trinajstić information content (AvgIpc) is 2.94. The molecular weight excluding hydrogens is 348 g/mol. The number of aromatic amines is 1. The fourth-order valence-corrected chi connectivity index (χ4v) is 2.67. The summed E-state index contributed by atoms with van der Waals surface area (Å²) in [6.45, 7) is 2.34. The SMILES string of the molecule is CCOc1cc(-c2nc3ccc(OC)cc3[nH]2)cc(Br)c1O. The lowest BCUT2D eigenvalue weighted by atomic mass is 10.2. The van der Waals surface area contributed by atoms with E-state index in [-0.39, 0.29) is 5.75 Å². The molecule has 3 rings (SSSR count). The summed E-state index contributed by atoms with van der Waals surface area (Å²) in [5, 5.41) is 9.99. The molecule has 1 heterocycles. The van der Waals surface area contributed by atoms with Crippen molar-refractivity contribution in [1.82, 2.24) is 9.97 Å². The van der Waals surface area contributed by atoms with Crippen LogP contribution in [0.5, 0.6) is 17.2 Å². The Labute approximate surface area is 136 Å². The van der Waals surface area contributed by atoms with E-state index in [1.54, 1.807) is 19.2 Å². The van der Waals surface area contributed by atoms with Crippen LogP contribution >= 0.6 is 15.9 Å². The number of phenols is 1. The highest BCUT2D eigenvalue weighted by atomic mass is 79.9. The van der Waals surface area contributed by atoms with Gasteiger partial charge in [0.05, 0.1) is 29.2 Å². The zero-order chi connectivity index (χ0) is 15.7. The van der Waals surface area contributed by atoms with Gasteiger partial charge in [-0.15, -0.1) is 0 Å². The van der Waals surface area contributed by atoms with Crippen LogP contribution in [0.1, 0.15) is 6.92 Å². The molecule has 0 spiro atoms. The molecule has 0 atom stereocenters. The van der Waals surface area contributed by atoms with Gasteiger partial charge in [0, 0.05) is 11.6 Å². The normalized spacial score (nSPS) is 10.9.